The number of hydrogen-bond acceptors (Lipinski definition) is 8. The maximum absolute atomic E-state index is 6.32. The van der Waals surface area contributed by atoms with E-state index in [1.807, 2.05) is 109 Å². The van der Waals surface area contributed by atoms with Gasteiger partial charge >= 0.3 is 7.12 Å². The standard InChI is InChI=1S/C45H29N3.C31H28BNO2.C20H13ClN2/c1-2-9-30(10-3-1)31-18-24-35(25-19-31)44-45(48-42-15-7-6-14-41(42)47-44)36-26-20-33(21-27-36)32-16-22-34(23-17-32)40-29-37-11-8-28-46-43(37)39-13-5-4-12-38(39)40;1-30(2)31(3,4)35-32(34-30)25-17-15-22(16-18-25)21-11-13-23(14-12-21)28-20-24-8-7-19-33-29(24)27-10-6-5-9-26(27)28;21-20-19(22-17-8-4-5-9-18(17)23-20)16-12-10-15(11-13-16)14-6-2-1-3-7-14/h1-29H;5-20H,1-4H3;1-13H. The number of hydrogen-bond donors (Lipinski definition) is 0. The SMILES string of the molecule is CC1(C)OB(c2ccc(-c3ccc(-c4cc5cccnc5c5ccccc45)cc3)cc2)OC1(C)C.Clc1nc2ccccc2nc1-c1ccc(-c2ccccc2)cc1.c1ccc(-c2ccc(-c3nc4ccccc4nc3-c3ccc(-c4ccc(-c5cc6cccnc6c6ccccc56)cc4)cc3)cc2)cc1. The molecule has 0 atom stereocenters. The Morgan fingerprint density at radius 3 is 0.925 bits per heavy atom. The average molecular weight is 1390 g/mol. The van der Waals surface area contributed by atoms with Crippen LogP contribution >= 0.6 is 11.6 Å². The summed E-state index contributed by atoms with van der Waals surface area (Å²) in [5, 5.41) is 7.52. The molecule has 0 aliphatic carbocycles. The van der Waals surface area contributed by atoms with Gasteiger partial charge in [0.25, 0.3) is 0 Å². The van der Waals surface area contributed by atoms with Gasteiger partial charge in [-0.2, -0.15) is 0 Å². The topological polar surface area (TPSA) is 95.8 Å². The van der Waals surface area contributed by atoms with Gasteiger partial charge in [0.2, 0.25) is 0 Å². The molecular formula is C96H70BClN6O2. The average Bonchev–Trinajstić information content (AvgIpc) is 1.25. The number of aromatic nitrogens is 6. The zero-order valence-electron chi connectivity index (χ0n) is 58.9. The smallest absolute Gasteiger partial charge is 0.399 e. The van der Waals surface area contributed by atoms with Crippen molar-refractivity contribution in [1.29, 1.82) is 0 Å². The van der Waals surface area contributed by atoms with E-state index in [9.17, 15) is 0 Å². The van der Waals surface area contributed by atoms with Crippen LogP contribution in [0.5, 0.6) is 0 Å². The van der Waals surface area contributed by atoms with Gasteiger partial charge in [0, 0.05) is 50.6 Å². The number of para-hydroxylation sites is 4. The van der Waals surface area contributed by atoms with Gasteiger partial charge in [-0.1, -0.05) is 303 Å². The highest BCUT2D eigenvalue weighted by molar-refractivity contribution is 6.62. The predicted octanol–water partition coefficient (Wildman–Crippen LogP) is 24.3. The first kappa shape index (κ1) is 66.6. The zero-order valence-corrected chi connectivity index (χ0v) is 59.7. The van der Waals surface area contributed by atoms with Gasteiger partial charge in [0.1, 0.15) is 5.69 Å². The van der Waals surface area contributed by atoms with Crippen molar-refractivity contribution in [3.63, 3.8) is 0 Å². The molecule has 0 saturated carbocycles. The second kappa shape index (κ2) is 28.5. The fourth-order valence-electron chi connectivity index (χ4n) is 14.1. The highest BCUT2D eigenvalue weighted by Crippen LogP contribution is 2.41. The summed E-state index contributed by atoms with van der Waals surface area (Å²) in [5.41, 5.74) is 25.6. The highest BCUT2D eigenvalue weighted by atomic mass is 35.5. The molecule has 1 saturated heterocycles. The van der Waals surface area contributed by atoms with E-state index in [1.165, 1.54) is 82.7 Å². The molecule has 0 bridgehead atoms. The lowest BCUT2D eigenvalue weighted by atomic mass is 9.78. The Balaban J connectivity index is 0.000000125. The molecule has 0 N–H and O–H groups in total. The number of nitrogens with zero attached hydrogens (tertiary/aromatic N) is 6. The molecule has 1 fully saturated rings. The van der Waals surface area contributed by atoms with Crippen LogP contribution in [-0.2, 0) is 9.31 Å². The van der Waals surface area contributed by atoms with E-state index in [4.69, 9.17) is 30.9 Å². The summed E-state index contributed by atoms with van der Waals surface area (Å²) < 4.78 is 12.4. The Hall–Kier alpha value is -12.6. The van der Waals surface area contributed by atoms with Gasteiger partial charge in [-0.05, 0) is 159 Å². The van der Waals surface area contributed by atoms with E-state index in [1.54, 1.807) is 0 Å². The molecule has 10 heteroatoms. The van der Waals surface area contributed by atoms with E-state index < -0.39 is 0 Å². The molecule has 5 heterocycles. The number of benzene rings is 14. The Bertz CT molecular complexity index is 6230. The van der Waals surface area contributed by atoms with Crippen molar-refractivity contribution in [1.82, 2.24) is 29.9 Å². The largest absolute Gasteiger partial charge is 0.494 e. The molecule has 18 aromatic rings. The molecule has 14 aromatic carbocycles. The van der Waals surface area contributed by atoms with E-state index >= 15 is 0 Å². The first-order valence-corrected chi connectivity index (χ1v) is 36.1. The molecule has 1 aliphatic heterocycles. The maximum atomic E-state index is 6.32. The molecule has 0 amide bonds. The van der Waals surface area contributed by atoms with Crippen LogP contribution < -0.4 is 5.46 Å². The Kier molecular flexibility index (Phi) is 17.9. The van der Waals surface area contributed by atoms with Gasteiger partial charge < -0.3 is 9.31 Å². The summed E-state index contributed by atoms with van der Waals surface area (Å²) in [6, 6.07) is 118. The third-order valence-corrected chi connectivity index (χ3v) is 20.8. The molecule has 8 nitrogen and oxygen atoms in total. The quantitative estimate of drug-likeness (QED) is 0.0987. The summed E-state index contributed by atoms with van der Waals surface area (Å²) in [7, 11) is -0.341. The van der Waals surface area contributed by atoms with Crippen LogP contribution in [0.15, 0.2) is 352 Å². The number of fused-ring (bicyclic) bond motifs is 8. The molecule has 19 rings (SSSR count). The lowest BCUT2D eigenvalue weighted by Gasteiger charge is -2.32. The van der Waals surface area contributed by atoms with Crippen molar-refractivity contribution < 1.29 is 9.31 Å². The Morgan fingerprint density at radius 1 is 0.264 bits per heavy atom. The van der Waals surface area contributed by atoms with Gasteiger partial charge in [-0.15, -0.1) is 0 Å². The van der Waals surface area contributed by atoms with Crippen LogP contribution in [0.4, 0.5) is 0 Å². The second-order valence-corrected chi connectivity index (χ2v) is 28.0. The van der Waals surface area contributed by atoms with Gasteiger partial charge in [0.15, 0.2) is 5.15 Å². The first-order valence-electron chi connectivity index (χ1n) is 35.7. The van der Waals surface area contributed by atoms with Crippen LogP contribution in [0.3, 0.4) is 0 Å². The van der Waals surface area contributed by atoms with Crippen LogP contribution in [0, 0.1) is 0 Å². The van der Waals surface area contributed by atoms with Crippen LogP contribution in [0.1, 0.15) is 27.7 Å². The lowest BCUT2D eigenvalue weighted by Crippen LogP contribution is -2.41. The molecule has 506 valence electrons. The second-order valence-electron chi connectivity index (χ2n) is 27.7. The van der Waals surface area contributed by atoms with Crippen molar-refractivity contribution in [3.05, 3.63) is 357 Å². The van der Waals surface area contributed by atoms with Gasteiger partial charge in [0.05, 0.1) is 55.7 Å². The van der Waals surface area contributed by atoms with E-state index in [-0.39, 0.29) is 18.3 Å². The minimum atomic E-state index is -0.341. The van der Waals surface area contributed by atoms with Crippen LogP contribution in [0.2, 0.25) is 5.15 Å². The highest BCUT2D eigenvalue weighted by Gasteiger charge is 2.51. The first-order chi connectivity index (χ1) is 51.9. The molecular weight excluding hydrogens is 1320 g/mol. The molecule has 1 aliphatic rings. The van der Waals surface area contributed by atoms with Crippen LogP contribution in [-0.4, -0.2) is 48.2 Å². The maximum Gasteiger partial charge on any atom is 0.494 e. The molecule has 106 heavy (non-hydrogen) atoms. The zero-order chi connectivity index (χ0) is 71.7. The molecule has 0 unspecified atom stereocenters. The van der Waals surface area contributed by atoms with E-state index in [0.29, 0.717) is 10.8 Å². The Morgan fingerprint density at radius 2 is 0.547 bits per heavy atom. The summed E-state index contributed by atoms with van der Waals surface area (Å²) >= 11 is 6.32. The van der Waals surface area contributed by atoms with Crippen molar-refractivity contribution in [2.75, 3.05) is 0 Å². The summed E-state index contributed by atoms with van der Waals surface area (Å²) in [6.07, 6.45) is 3.73. The fourth-order valence-corrected chi connectivity index (χ4v) is 14.3. The third-order valence-electron chi connectivity index (χ3n) is 20.5. The molecule has 0 radical (unpaired) electrons. The van der Waals surface area contributed by atoms with Crippen molar-refractivity contribution in [2.24, 2.45) is 0 Å². The molecule has 0 spiro atoms. The van der Waals surface area contributed by atoms with Crippen molar-refractivity contribution >= 4 is 89.6 Å². The van der Waals surface area contributed by atoms with Crippen molar-refractivity contribution in [2.45, 2.75) is 38.9 Å². The van der Waals surface area contributed by atoms with Gasteiger partial charge in [-0.25, -0.2) is 19.9 Å². The number of halogens is 1. The monoisotopic (exact) mass is 1380 g/mol. The summed E-state index contributed by atoms with van der Waals surface area (Å²) in [4.78, 5) is 28.6. The Labute approximate surface area is 621 Å². The predicted molar refractivity (Wildman–Crippen MR) is 441 cm³/mol. The normalized spacial score (nSPS) is 13.0. The van der Waals surface area contributed by atoms with Crippen molar-refractivity contribution in [3.8, 4) is 101 Å². The minimum Gasteiger partial charge on any atom is -0.399 e. The lowest BCUT2D eigenvalue weighted by molar-refractivity contribution is 0.00578. The number of pyridine rings is 2. The van der Waals surface area contributed by atoms with Gasteiger partial charge in [-0.3, -0.25) is 9.97 Å². The molecule has 4 aromatic heterocycles. The summed E-state index contributed by atoms with van der Waals surface area (Å²) in [6.45, 7) is 8.33. The minimum absolute atomic E-state index is 0.338. The summed E-state index contributed by atoms with van der Waals surface area (Å²) in [5.74, 6) is 0. The third kappa shape index (κ3) is 13.4. The fraction of sp³-hybridized carbons (Fsp3) is 0.0625. The van der Waals surface area contributed by atoms with Crippen LogP contribution in [0.25, 0.3) is 166 Å². The van der Waals surface area contributed by atoms with E-state index in [2.05, 4.69) is 290 Å². The number of rotatable bonds is 10. The van der Waals surface area contributed by atoms with E-state index in [0.717, 1.165) is 83.0 Å².